The van der Waals surface area contributed by atoms with Crippen LogP contribution in [0.25, 0.3) is 22.0 Å². The molecule has 0 spiro atoms. The van der Waals surface area contributed by atoms with Crippen molar-refractivity contribution in [3.63, 3.8) is 0 Å². The fraction of sp³-hybridized carbons (Fsp3) is 0.407. The predicted octanol–water partition coefficient (Wildman–Crippen LogP) is 6.04. The van der Waals surface area contributed by atoms with Gasteiger partial charge in [-0.15, -0.1) is 0 Å². The Morgan fingerprint density at radius 3 is 2.60 bits per heavy atom. The van der Waals surface area contributed by atoms with E-state index in [0.717, 1.165) is 12.8 Å². The number of nitrogens with zero attached hydrogens (tertiary/aromatic N) is 5. The summed E-state index contributed by atoms with van der Waals surface area (Å²) in [7, 11) is 0. The molecule has 1 aliphatic heterocycles. The minimum Gasteiger partial charge on any atom is -0.394 e. The average molecular weight is 480 g/mol. The summed E-state index contributed by atoms with van der Waals surface area (Å²) in [5, 5.41) is 4.80. The van der Waals surface area contributed by atoms with Gasteiger partial charge >= 0.3 is 0 Å². The molecule has 3 aromatic rings. The minimum atomic E-state index is -0.411. The Morgan fingerprint density at radius 1 is 1.17 bits per heavy atom. The maximum absolute atomic E-state index is 14.7. The third-order valence-corrected chi connectivity index (χ3v) is 6.32. The van der Waals surface area contributed by atoms with Gasteiger partial charge in [-0.25, -0.2) is 23.7 Å². The number of hydrogen-bond donors (Lipinski definition) is 0. The number of anilines is 1. The van der Waals surface area contributed by atoms with Crippen LogP contribution >= 0.6 is 0 Å². The monoisotopic (exact) mass is 479 g/mol. The Bertz CT molecular complexity index is 1240. The number of amidine groups is 1. The number of aliphatic imine (C=N–C) groups is 1. The molecule has 8 heteroatoms. The van der Waals surface area contributed by atoms with Crippen LogP contribution < -0.4 is 4.90 Å². The van der Waals surface area contributed by atoms with Crippen LogP contribution in [0.5, 0.6) is 0 Å². The van der Waals surface area contributed by atoms with E-state index < -0.39 is 5.82 Å². The molecule has 1 aromatic heterocycles. The van der Waals surface area contributed by atoms with Crippen LogP contribution in [-0.4, -0.2) is 42.2 Å². The van der Waals surface area contributed by atoms with Gasteiger partial charge in [0, 0.05) is 30.0 Å². The van der Waals surface area contributed by atoms with Gasteiger partial charge in [0.2, 0.25) is 0 Å². The molecule has 0 radical (unpaired) electrons. The van der Waals surface area contributed by atoms with Crippen LogP contribution in [-0.2, 0) is 11.3 Å². The van der Waals surface area contributed by atoms with E-state index in [4.69, 9.17) is 4.84 Å². The molecule has 184 valence electrons. The molecule has 1 fully saturated rings. The zero-order chi connectivity index (χ0) is 24.9. The van der Waals surface area contributed by atoms with Gasteiger partial charge in [0.05, 0.1) is 5.52 Å². The van der Waals surface area contributed by atoms with Crippen molar-refractivity contribution in [2.75, 3.05) is 24.6 Å². The van der Waals surface area contributed by atoms with Crippen LogP contribution in [0.2, 0.25) is 0 Å². The van der Waals surface area contributed by atoms with E-state index in [2.05, 4.69) is 45.6 Å². The molecule has 6 nitrogen and oxygen atoms in total. The molecule has 2 heterocycles. The van der Waals surface area contributed by atoms with E-state index in [0.29, 0.717) is 71.3 Å². The Morgan fingerprint density at radius 2 is 1.94 bits per heavy atom. The van der Waals surface area contributed by atoms with Crippen molar-refractivity contribution in [3.05, 3.63) is 53.9 Å². The summed E-state index contributed by atoms with van der Waals surface area (Å²) in [6.07, 6.45) is 3.66. The summed E-state index contributed by atoms with van der Waals surface area (Å²) >= 11 is 0. The van der Waals surface area contributed by atoms with Crippen molar-refractivity contribution in [2.24, 2.45) is 22.0 Å². The zero-order valence-electron chi connectivity index (χ0n) is 20.5. The largest absolute Gasteiger partial charge is 0.394 e. The standard InChI is InChI=1S/C27H31F2N5O/c1-5-18-6-7-20(12-24(18)29)22-13-21(28)14-23-25(22)31-16-32-27(23)34-10-8-19(9-11-34)26(30-4)33-35-15-17(2)3/h6-7,12-14,16-17,19H,4-5,8-11,15H2,1-3H3/b33-26-. The highest BCUT2D eigenvalue weighted by Gasteiger charge is 2.26. The molecule has 2 aromatic carbocycles. The van der Waals surface area contributed by atoms with Gasteiger partial charge in [0.1, 0.15) is 30.4 Å². The predicted molar refractivity (Wildman–Crippen MR) is 137 cm³/mol. The van der Waals surface area contributed by atoms with Crippen molar-refractivity contribution in [1.29, 1.82) is 0 Å². The second-order valence-corrected chi connectivity index (χ2v) is 9.27. The van der Waals surface area contributed by atoms with Gasteiger partial charge in [0.15, 0.2) is 5.84 Å². The SMILES string of the molecule is C=N/C(=N\OCC(C)C)C1CCN(c2ncnc3c(-c4ccc(CC)c(F)c4)cc(F)cc23)CC1. The molecule has 0 atom stereocenters. The number of piperidine rings is 1. The normalized spacial score (nSPS) is 15.1. The molecular formula is C27H31F2N5O. The second-order valence-electron chi connectivity index (χ2n) is 9.27. The Balaban J connectivity index is 1.61. The topological polar surface area (TPSA) is 63.0 Å². The summed E-state index contributed by atoms with van der Waals surface area (Å²) in [5.41, 5.74) is 2.36. The lowest BCUT2D eigenvalue weighted by atomic mass is 9.95. The first kappa shape index (κ1) is 24.7. The first-order valence-electron chi connectivity index (χ1n) is 12.1. The second kappa shape index (κ2) is 10.9. The van der Waals surface area contributed by atoms with E-state index in [-0.39, 0.29) is 11.7 Å². The maximum atomic E-state index is 14.7. The number of rotatable bonds is 7. The molecule has 0 bridgehead atoms. The van der Waals surface area contributed by atoms with Crippen LogP contribution in [0, 0.1) is 23.5 Å². The van der Waals surface area contributed by atoms with Crippen molar-refractivity contribution in [2.45, 2.75) is 40.0 Å². The quantitative estimate of drug-likeness (QED) is 0.235. The van der Waals surface area contributed by atoms with Gasteiger partial charge in [0.25, 0.3) is 0 Å². The first-order chi connectivity index (χ1) is 16.9. The molecule has 4 rings (SSSR count). The van der Waals surface area contributed by atoms with Crippen molar-refractivity contribution >= 4 is 29.3 Å². The lowest BCUT2D eigenvalue weighted by molar-refractivity contribution is 0.116. The number of benzene rings is 2. The lowest BCUT2D eigenvalue weighted by Gasteiger charge is -2.32. The number of hydrogen-bond acceptors (Lipinski definition) is 5. The Kier molecular flexibility index (Phi) is 7.68. The van der Waals surface area contributed by atoms with Crippen LogP contribution in [0.15, 0.2) is 46.8 Å². The Hall–Kier alpha value is -3.42. The summed E-state index contributed by atoms with van der Waals surface area (Å²) in [6, 6.07) is 7.86. The van der Waals surface area contributed by atoms with Gasteiger partial charge < -0.3 is 9.74 Å². The molecule has 0 unspecified atom stereocenters. The summed E-state index contributed by atoms with van der Waals surface area (Å²) in [4.78, 5) is 20.6. The van der Waals surface area contributed by atoms with E-state index >= 15 is 0 Å². The average Bonchev–Trinajstić information content (AvgIpc) is 2.86. The molecule has 0 aliphatic carbocycles. The Labute approximate surface area is 204 Å². The smallest absolute Gasteiger partial charge is 0.170 e. The van der Waals surface area contributed by atoms with Gasteiger partial charge in [-0.05, 0) is 61.2 Å². The zero-order valence-corrected chi connectivity index (χ0v) is 20.5. The summed E-state index contributed by atoms with van der Waals surface area (Å²) in [6.45, 7) is 11.6. The van der Waals surface area contributed by atoms with Crippen molar-refractivity contribution in [1.82, 2.24) is 9.97 Å². The van der Waals surface area contributed by atoms with E-state index in [1.54, 1.807) is 6.07 Å². The molecule has 0 saturated carbocycles. The molecule has 1 saturated heterocycles. The van der Waals surface area contributed by atoms with Crippen LogP contribution in [0.4, 0.5) is 14.6 Å². The number of oxime groups is 1. The summed E-state index contributed by atoms with van der Waals surface area (Å²) in [5.74, 6) is 1.08. The van der Waals surface area contributed by atoms with E-state index in [1.165, 1.54) is 24.5 Å². The van der Waals surface area contributed by atoms with Crippen molar-refractivity contribution in [3.8, 4) is 11.1 Å². The van der Waals surface area contributed by atoms with Gasteiger partial charge in [-0.2, -0.15) is 0 Å². The van der Waals surface area contributed by atoms with Crippen LogP contribution in [0.1, 0.15) is 39.2 Å². The third kappa shape index (κ3) is 5.47. The van der Waals surface area contributed by atoms with Gasteiger partial charge in [-0.3, -0.25) is 0 Å². The van der Waals surface area contributed by atoms with E-state index in [1.807, 2.05) is 13.0 Å². The van der Waals surface area contributed by atoms with E-state index in [9.17, 15) is 8.78 Å². The number of aromatic nitrogens is 2. The minimum absolute atomic E-state index is 0.136. The number of fused-ring (bicyclic) bond motifs is 1. The van der Waals surface area contributed by atoms with Gasteiger partial charge in [-0.1, -0.05) is 38.1 Å². The summed E-state index contributed by atoms with van der Waals surface area (Å²) < 4.78 is 29.2. The van der Waals surface area contributed by atoms with Crippen LogP contribution in [0.3, 0.4) is 0 Å². The highest BCUT2D eigenvalue weighted by atomic mass is 19.1. The van der Waals surface area contributed by atoms with Crippen molar-refractivity contribution < 1.29 is 13.6 Å². The lowest BCUT2D eigenvalue weighted by Crippen LogP contribution is -2.36. The third-order valence-electron chi connectivity index (χ3n) is 6.32. The molecule has 0 N–H and O–H groups in total. The number of halogens is 2. The fourth-order valence-electron chi connectivity index (χ4n) is 4.43. The highest BCUT2D eigenvalue weighted by molar-refractivity contribution is 5.99. The fourth-order valence-corrected chi connectivity index (χ4v) is 4.43. The molecule has 1 aliphatic rings. The number of aryl methyl sites for hydroxylation is 1. The molecule has 0 amide bonds. The first-order valence-corrected chi connectivity index (χ1v) is 12.1. The highest BCUT2D eigenvalue weighted by Crippen LogP contribution is 2.35. The maximum Gasteiger partial charge on any atom is 0.170 e. The molecular weight excluding hydrogens is 448 g/mol. The molecule has 35 heavy (non-hydrogen) atoms.